The molecule has 0 aliphatic rings. The first-order chi connectivity index (χ1) is 8.53. The van der Waals surface area contributed by atoms with Gasteiger partial charge in [-0.05, 0) is 38.0 Å². The molecule has 1 aromatic carbocycles. The Kier molecular flexibility index (Phi) is 5.26. The molecule has 0 fully saturated rings. The van der Waals surface area contributed by atoms with Gasteiger partial charge in [-0.2, -0.15) is 0 Å². The first-order valence-electron chi connectivity index (χ1n) is 5.53. The van der Waals surface area contributed by atoms with Crippen molar-refractivity contribution in [2.75, 3.05) is 6.61 Å². The van der Waals surface area contributed by atoms with E-state index in [9.17, 15) is 4.79 Å². The molecule has 0 heterocycles. The summed E-state index contributed by atoms with van der Waals surface area (Å²) in [5.74, 6) is 2.17. The molecular weight excluding hydrogens is 248 g/mol. The van der Waals surface area contributed by atoms with Gasteiger partial charge in [0.1, 0.15) is 6.61 Å². The van der Waals surface area contributed by atoms with Crippen molar-refractivity contribution < 1.29 is 14.1 Å². The van der Waals surface area contributed by atoms with Crippen molar-refractivity contribution in [3.8, 4) is 12.3 Å². The summed E-state index contributed by atoms with van der Waals surface area (Å²) in [6.07, 6.45) is 5.44. The Bertz CT molecular complexity index is 438. The van der Waals surface area contributed by atoms with E-state index in [1.807, 2.05) is 6.07 Å². The Morgan fingerprint density at radius 2 is 2.17 bits per heavy atom. The van der Waals surface area contributed by atoms with Crippen LogP contribution in [0.25, 0.3) is 0 Å². The minimum absolute atomic E-state index is 0.0754. The van der Waals surface area contributed by atoms with Crippen LogP contribution >= 0.6 is 12.0 Å². The fourth-order valence-corrected chi connectivity index (χ4v) is 1.63. The highest BCUT2D eigenvalue weighted by Crippen LogP contribution is 2.29. The van der Waals surface area contributed by atoms with Crippen molar-refractivity contribution in [3.63, 3.8) is 0 Å². The monoisotopic (exact) mass is 264 g/mol. The first kappa shape index (κ1) is 14.6. The molecule has 0 aliphatic carbocycles. The van der Waals surface area contributed by atoms with Gasteiger partial charge < -0.3 is 9.29 Å². The van der Waals surface area contributed by atoms with Gasteiger partial charge in [0, 0.05) is 5.25 Å². The average Bonchev–Trinajstić information content (AvgIpc) is 2.44. The van der Waals surface area contributed by atoms with Crippen molar-refractivity contribution >= 4 is 18.0 Å². The minimum atomic E-state index is -0.691. The van der Waals surface area contributed by atoms with Gasteiger partial charge in [-0.15, -0.1) is 6.42 Å². The average molecular weight is 264 g/mol. The van der Waals surface area contributed by atoms with Gasteiger partial charge in [-0.1, -0.05) is 24.1 Å². The number of rotatable bonds is 5. The largest absolute Gasteiger partial charge is 0.460 e. The molecule has 1 aromatic rings. The quantitative estimate of drug-likeness (QED) is 0.504. The van der Waals surface area contributed by atoms with Crippen molar-refractivity contribution in [1.82, 2.24) is 0 Å². The lowest BCUT2D eigenvalue weighted by Gasteiger charge is -2.27. The van der Waals surface area contributed by atoms with Gasteiger partial charge in [-0.25, -0.2) is 4.79 Å². The molecule has 96 valence electrons. The highest BCUT2D eigenvalue weighted by molar-refractivity contribution is 7.94. The zero-order chi connectivity index (χ0) is 13.6. The van der Waals surface area contributed by atoms with Crippen LogP contribution in [-0.4, -0.2) is 22.4 Å². The smallest absolute Gasteiger partial charge is 0.338 e. The van der Waals surface area contributed by atoms with E-state index < -0.39 is 11.4 Å². The number of terminal acetylenes is 1. The van der Waals surface area contributed by atoms with Gasteiger partial charge in [0.05, 0.1) is 11.0 Å². The Hall–Kier alpha value is -1.44. The van der Waals surface area contributed by atoms with E-state index in [4.69, 9.17) is 15.7 Å². The summed E-state index contributed by atoms with van der Waals surface area (Å²) >= 11 is 0.670. The normalized spacial score (nSPS) is 15.2. The summed E-state index contributed by atoms with van der Waals surface area (Å²) in [6, 6.07) is 8.72. The zero-order valence-corrected chi connectivity index (χ0v) is 11.2. The Morgan fingerprint density at radius 3 is 2.67 bits per heavy atom. The standard InChI is InChI=1S/C14H16O3S/c1-4-14(3,11(2)18-16)10-17-13(15)12-8-6-5-7-9-12/h1,5-9,11,16H,10H2,2-3H3. The second kappa shape index (κ2) is 6.48. The molecule has 2 unspecified atom stereocenters. The summed E-state index contributed by atoms with van der Waals surface area (Å²) in [6.45, 7) is 3.64. The molecule has 0 saturated heterocycles. The van der Waals surface area contributed by atoms with E-state index in [0.29, 0.717) is 17.6 Å². The molecule has 18 heavy (non-hydrogen) atoms. The topological polar surface area (TPSA) is 46.5 Å². The van der Waals surface area contributed by atoms with Gasteiger partial charge in [0.2, 0.25) is 0 Å². The fraction of sp³-hybridized carbons (Fsp3) is 0.357. The summed E-state index contributed by atoms with van der Waals surface area (Å²) in [5.41, 5.74) is -0.203. The molecule has 4 heteroatoms. The summed E-state index contributed by atoms with van der Waals surface area (Å²) in [5, 5.41) is -0.217. The molecule has 0 aromatic heterocycles. The van der Waals surface area contributed by atoms with Crippen LogP contribution in [0.5, 0.6) is 0 Å². The number of benzene rings is 1. The Morgan fingerprint density at radius 1 is 1.56 bits per heavy atom. The molecule has 1 N–H and O–H groups in total. The predicted octanol–water partition coefficient (Wildman–Crippen LogP) is 3.08. The lowest BCUT2D eigenvalue weighted by atomic mass is 9.89. The SMILES string of the molecule is C#CC(C)(COC(=O)c1ccccc1)C(C)SO. The minimum Gasteiger partial charge on any atom is -0.460 e. The first-order valence-corrected chi connectivity index (χ1v) is 6.37. The van der Waals surface area contributed by atoms with E-state index in [2.05, 4.69) is 5.92 Å². The fourth-order valence-electron chi connectivity index (χ4n) is 1.27. The van der Waals surface area contributed by atoms with Crippen LogP contribution in [0.2, 0.25) is 0 Å². The third-order valence-electron chi connectivity index (χ3n) is 2.90. The summed E-state index contributed by atoms with van der Waals surface area (Å²) in [7, 11) is 0. The molecule has 0 spiro atoms. The van der Waals surface area contributed by atoms with Gasteiger partial charge >= 0.3 is 5.97 Å². The van der Waals surface area contributed by atoms with Crippen LogP contribution in [0.1, 0.15) is 24.2 Å². The van der Waals surface area contributed by atoms with E-state index in [-0.39, 0.29) is 11.9 Å². The van der Waals surface area contributed by atoms with Crippen LogP contribution < -0.4 is 0 Å². The number of carbonyl (C=O) groups is 1. The van der Waals surface area contributed by atoms with E-state index in [0.717, 1.165) is 0 Å². The molecular formula is C14H16O3S. The summed E-state index contributed by atoms with van der Waals surface area (Å²) in [4.78, 5) is 11.8. The number of hydrogen-bond acceptors (Lipinski definition) is 4. The molecule has 0 radical (unpaired) electrons. The van der Waals surface area contributed by atoms with Crippen molar-refractivity contribution in [2.24, 2.45) is 5.41 Å². The lowest BCUT2D eigenvalue weighted by molar-refractivity contribution is 0.0392. The van der Waals surface area contributed by atoms with Gasteiger partial charge in [0.15, 0.2) is 0 Å². The number of ether oxygens (including phenoxy) is 1. The predicted molar refractivity (Wildman–Crippen MR) is 73.3 cm³/mol. The maximum absolute atomic E-state index is 11.8. The number of esters is 1. The van der Waals surface area contributed by atoms with E-state index in [1.54, 1.807) is 38.1 Å². The molecule has 0 saturated carbocycles. The van der Waals surface area contributed by atoms with Crippen LogP contribution in [0.3, 0.4) is 0 Å². The van der Waals surface area contributed by atoms with Gasteiger partial charge in [-0.3, -0.25) is 0 Å². The summed E-state index contributed by atoms with van der Waals surface area (Å²) < 4.78 is 14.3. The molecule has 2 atom stereocenters. The molecule has 0 bridgehead atoms. The third kappa shape index (κ3) is 3.52. The van der Waals surface area contributed by atoms with Crippen molar-refractivity contribution in [3.05, 3.63) is 35.9 Å². The van der Waals surface area contributed by atoms with Crippen LogP contribution in [0.15, 0.2) is 30.3 Å². The zero-order valence-electron chi connectivity index (χ0n) is 10.4. The van der Waals surface area contributed by atoms with Gasteiger partial charge in [0.25, 0.3) is 0 Å². The molecule has 1 rings (SSSR count). The maximum Gasteiger partial charge on any atom is 0.338 e. The Labute approximate surface area is 112 Å². The van der Waals surface area contributed by atoms with Crippen molar-refractivity contribution in [1.29, 1.82) is 0 Å². The van der Waals surface area contributed by atoms with E-state index in [1.165, 1.54) is 0 Å². The number of hydrogen-bond donors (Lipinski definition) is 1. The van der Waals surface area contributed by atoms with Crippen LogP contribution in [0.4, 0.5) is 0 Å². The highest BCUT2D eigenvalue weighted by Gasteiger charge is 2.31. The Balaban J connectivity index is 2.65. The number of carbonyl (C=O) groups excluding carboxylic acids is 1. The maximum atomic E-state index is 11.8. The van der Waals surface area contributed by atoms with E-state index >= 15 is 0 Å². The second-order valence-electron chi connectivity index (χ2n) is 4.25. The molecule has 0 aliphatic heterocycles. The molecule has 3 nitrogen and oxygen atoms in total. The molecule has 0 amide bonds. The lowest BCUT2D eigenvalue weighted by Crippen LogP contribution is -2.32. The van der Waals surface area contributed by atoms with Crippen molar-refractivity contribution in [2.45, 2.75) is 19.1 Å². The van der Waals surface area contributed by atoms with Crippen LogP contribution in [-0.2, 0) is 4.74 Å². The third-order valence-corrected chi connectivity index (χ3v) is 3.73. The second-order valence-corrected chi connectivity index (χ2v) is 5.17. The highest BCUT2D eigenvalue weighted by atomic mass is 32.2. The van der Waals surface area contributed by atoms with Crippen LogP contribution in [0, 0.1) is 17.8 Å².